The number of fused-ring (bicyclic) bond motifs is 1. The fourth-order valence-corrected chi connectivity index (χ4v) is 5.41. The van der Waals surface area contributed by atoms with Crippen LogP contribution in [0.2, 0.25) is 0 Å². The van der Waals surface area contributed by atoms with Crippen molar-refractivity contribution in [3.05, 3.63) is 53.5 Å². The molecule has 0 spiro atoms. The molecule has 1 aliphatic rings. The first-order valence-electron chi connectivity index (χ1n) is 10.4. The number of nitrogens with one attached hydrogen (secondary N) is 2. The molecular weight excluding hydrogens is 543 g/mol. The van der Waals surface area contributed by atoms with Crippen molar-refractivity contribution in [2.24, 2.45) is 4.99 Å². The van der Waals surface area contributed by atoms with E-state index in [1.807, 2.05) is 0 Å². The highest BCUT2D eigenvalue weighted by Crippen LogP contribution is 2.21. The fourth-order valence-electron chi connectivity index (χ4n) is 3.98. The number of nitrogens with zero attached hydrogens (tertiary/aromatic N) is 4. The zero-order valence-electron chi connectivity index (χ0n) is 18.2. The SMILES string of the molecule is CN=C(NCCc1c[nH]c2c(C)cccc12)N1CCN(S(=O)(=O)Cc2ccon2)CC1.I. The van der Waals surface area contributed by atoms with Crippen molar-refractivity contribution in [3.63, 3.8) is 0 Å². The summed E-state index contributed by atoms with van der Waals surface area (Å²) in [7, 11) is -1.66. The number of aromatic nitrogens is 2. The van der Waals surface area contributed by atoms with Crippen LogP contribution >= 0.6 is 24.0 Å². The summed E-state index contributed by atoms with van der Waals surface area (Å²) in [6, 6.07) is 7.90. The number of aliphatic imine (C=N–C) groups is 1. The van der Waals surface area contributed by atoms with E-state index in [1.54, 1.807) is 13.1 Å². The lowest BCUT2D eigenvalue weighted by Gasteiger charge is -2.35. The van der Waals surface area contributed by atoms with E-state index in [2.05, 4.69) is 56.7 Å². The summed E-state index contributed by atoms with van der Waals surface area (Å²) in [6.07, 6.45) is 4.32. The van der Waals surface area contributed by atoms with Gasteiger partial charge in [0.1, 0.15) is 12.0 Å². The van der Waals surface area contributed by atoms with E-state index >= 15 is 0 Å². The van der Waals surface area contributed by atoms with Gasteiger partial charge in [-0.15, -0.1) is 24.0 Å². The lowest BCUT2D eigenvalue weighted by Crippen LogP contribution is -2.54. The van der Waals surface area contributed by atoms with Gasteiger partial charge >= 0.3 is 0 Å². The lowest BCUT2D eigenvalue weighted by molar-refractivity contribution is 0.260. The molecule has 174 valence electrons. The monoisotopic (exact) mass is 572 g/mol. The van der Waals surface area contributed by atoms with Crippen molar-refractivity contribution >= 4 is 50.9 Å². The first-order chi connectivity index (χ1) is 15.0. The van der Waals surface area contributed by atoms with E-state index in [4.69, 9.17) is 4.52 Å². The normalized spacial score (nSPS) is 15.7. The number of H-pyrrole nitrogens is 1. The van der Waals surface area contributed by atoms with Gasteiger partial charge in [0.05, 0.1) is 5.69 Å². The number of halogens is 1. The van der Waals surface area contributed by atoms with Gasteiger partial charge in [0, 0.05) is 62.9 Å². The average Bonchev–Trinajstić information content (AvgIpc) is 3.42. The number of guanidine groups is 1. The molecule has 1 saturated heterocycles. The highest BCUT2D eigenvalue weighted by molar-refractivity contribution is 14.0. The molecule has 1 aromatic carbocycles. The standard InChI is InChI=1S/C21H28N6O3S.HI/c1-16-4-3-5-19-17(14-24-20(16)19)6-8-23-21(22-2)26-9-11-27(12-10-26)31(28,29)15-18-7-13-30-25-18;/h3-5,7,13-14,24H,6,8-12,15H2,1-2H3,(H,22,23);1H. The number of sulfonamides is 1. The van der Waals surface area contributed by atoms with Crippen molar-refractivity contribution in [3.8, 4) is 0 Å². The summed E-state index contributed by atoms with van der Waals surface area (Å²) in [6.45, 7) is 4.87. The second kappa shape index (κ2) is 10.7. The van der Waals surface area contributed by atoms with Gasteiger partial charge in [-0.25, -0.2) is 8.42 Å². The van der Waals surface area contributed by atoms with Crippen LogP contribution in [0.1, 0.15) is 16.8 Å². The summed E-state index contributed by atoms with van der Waals surface area (Å²) in [4.78, 5) is 9.85. The van der Waals surface area contributed by atoms with Crippen LogP contribution in [-0.4, -0.2) is 73.5 Å². The van der Waals surface area contributed by atoms with Gasteiger partial charge in [-0.05, 0) is 24.5 Å². The first-order valence-corrected chi connectivity index (χ1v) is 12.0. The van der Waals surface area contributed by atoms with Gasteiger partial charge in [0.2, 0.25) is 10.0 Å². The second-order valence-corrected chi connectivity index (χ2v) is 9.64. The Kier molecular flexibility index (Phi) is 8.17. The van der Waals surface area contributed by atoms with Gasteiger partial charge < -0.3 is 19.7 Å². The summed E-state index contributed by atoms with van der Waals surface area (Å²) in [5.74, 6) is 0.658. The Balaban J connectivity index is 0.00000289. The highest BCUT2D eigenvalue weighted by Gasteiger charge is 2.28. The quantitative estimate of drug-likeness (QED) is 0.267. The number of aryl methyl sites for hydroxylation is 1. The highest BCUT2D eigenvalue weighted by atomic mass is 127. The minimum absolute atomic E-state index is 0. The zero-order chi connectivity index (χ0) is 21.8. The van der Waals surface area contributed by atoms with Gasteiger partial charge in [0.15, 0.2) is 5.96 Å². The molecule has 0 aliphatic carbocycles. The van der Waals surface area contributed by atoms with Crippen LogP contribution in [0.5, 0.6) is 0 Å². The van der Waals surface area contributed by atoms with Crippen LogP contribution in [0, 0.1) is 6.92 Å². The van der Waals surface area contributed by atoms with Crippen LogP contribution in [0.4, 0.5) is 0 Å². The van der Waals surface area contributed by atoms with Gasteiger partial charge in [-0.1, -0.05) is 23.4 Å². The van der Waals surface area contributed by atoms with Crippen molar-refractivity contribution < 1.29 is 12.9 Å². The predicted octanol–water partition coefficient (Wildman–Crippen LogP) is 2.35. The molecule has 0 amide bonds. The second-order valence-electron chi connectivity index (χ2n) is 7.67. The number of aromatic amines is 1. The van der Waals surface area contributed by atoms with Crippen LogP contribution in [0.15, 0.2) is 46.2 Å². The minimum Gasteiger partial charge on any atom is -0.364 e. The summed E-state index contributed by atoms with van der Waals surface area (Å²) in [5.41, 5.74) is 4.12. The number of rotatable bonds is 6. The molecule has 32 heavy (non-hydrogen) atoms. The van der Waals surface area contributed by atoms with Crippen molar-refractivity contribution in [2.75, 3.05) is 39.8 Å². The molecule has 0 bridgehead atoms. The molecular formula is C21H29IN6O3S. The Bertz CT molecular complexity index is 1150. The lowest BCUT2D eigenvalue weighted by atomic mass is 10.1. The van der Waals surface area contributed by atoms with Crippen LogP contribution in [-0.2, 0) is 22.2 Å². The van der Waals surface area contributed by atoms with Gasteiger partial charge in [-0.2, -0.15) is 4.31 Å². The molecule has 2 N–H and O–H groups in total. The van der Waals surface area contributed by atoms with E-state index < -0.39 is 10.0 Å². The van der Waals surface area contributed by atoms with Gasteiger partial charge in [0.25, 0.3) is 0 Å². The van der Waals surface area contributed by atoms with Crippen LogP contribution < -0.4 is 5.32 Å². The van der Waals surface area contributed by atoms with Crippen molar-refractivity contribution in [1.29, 1.82) is 0 Å². The van der Waals surface area contributed by atoms with Crippen molar-refractivity contribution in [1.82, 2.24) is 24.7 Å². The topological polar surface area (TPSA) is 107 Å². The van der Waals surface area contributed by atoms with Gasteiger partial charge in [-0.3, -0.25) is 4.99 Å². The predicted molar refractivity (Wildman–Crippen MR) is 136 cm³/mol. The maximum Gasteiger partial charge on any atom is 0.220 e. The maximum absolute atomic E-state index is 12.6. The smallest absolute Gasteiger partial charge is 0.220 e. The molecule has 4 rings (SSSR count). The molecule has 1 fully saturated rings. The average molecular weight is 572 g/mol. The maximum atomic E-state index is 12.6. The summed E-state index contributed by atoms with van der Waals surface area (Å²) in [5, 5.41) is 8.38. The molecule has 3 heterocycles. The summed E-state index contributed by atoms with van der Waals surface area (Å²) < 4.78 is 31.5. The van der Waals surface area contributed by atoms with E-state index in [0.717, 1.165) is 18.9 Å². The van der Waals surface area contributed by atoms with Crippen molar-refractivity contribution in [2.45, 2.75) is 19.1 Å². The molecule has 1 aliphatic heterocycles. The number of benzene rings is 1. The molecule has 9 nitrogen and oxygen atoms in total. The Morgan fingerprint density at radius 3 is 2.72 bits per heavy atom. The Morgan fingerprint density at radius 2 is 2.03 bits per heavy atom. The number of para-hydroxylation sites is 1. The van der Waals surface area contributed by atoms with E-state index in [-0.39, 0.29) is 29.7 Å². The zero-order valence-corrected chi connectivity index (χ0v) is 21.4. The number of hydrogen-bond acceptors (Lipinski definition) is 5. The summed E-state index contributed by atoms with van der Waals surface area (Å²) >= 11 is 0. The van der Waals surface area contributed by atoms with Crippen LogP contribution in [0.3, 0.4) is 0 Å². The van der Waals surface area contributed by atoms with E-state index in [0.29, 0.717) is 31.9 Å². The Hall–Kier alpha value is -2.12. The minimum atomic E-state index is -3.41. The third-order valence-electron chi connectivity index (χ3n) is 5.65. The number of hydrogen-bond donors (Lipinski definition) is 2. The van der Waals surface area contributed by atoms with E-state index in [1.165, 1.54) is 32.6 Å². The molecule has 3 aromatic rings. The molecule has 11 heteroatoms. The molecule has 0 atom stereocenters. The Labute approximate surface area is 205 Å². The van der Waals surface area contributed by atoms with Crippen LogP contribution in [0.25, 0.3) is 10.9 Å². The molecule has 2 aromatic heterocycles. The third-order valence-corrected chi connectivity index (χ3v) is 7.46. The number of piperazine rings is 1. The molecule has 0 saturated carbocycles. The largest absolute Gasteiger partial charge is 0.364 e. The fraction of sp³-hybridized carbons (Fsp3) is 0.429. The van der Waals surface area contributed by atoms with E-state index in [9.17, 15) is 8.42 Å². The Morgan fingerprint density at radius 1 is 1.25 bits per heavy atom. The first kappa shape index (κ1) is 24.5. The molecule has 0 unspecified atom stereocenters. The molecule has 0 radical (unpaired) electrons. The third kappa shape index (κ3) is 5.44.